The van der Waals surface area contributed by atoms with Gasteiger partial charge in [0.15, 0.2) is 16.4 Å². The van der Waals surface area contributed by atoms with Crippen molar-refractivity contribution in [3.63, 3.8) is 0 Å². The highest BCUT2D eigenvalue weighted by atomic mass is 35.5. The molecule has 1 atom stereocenters. The zero-order chi connectivity index (χ0) is 17.2. The Labute approximate surface area is 147 Å². The molecule has 0 radical (unpaired) electrons. The second-order valence-electron chi connectivity index (χ2n) is 6.19. The number of carbonyl (C=O) groups excluding carboxylic acids is 1. The van der Waals surface area contributed by atoms with Gasteiger partial charge < -0.3 is 9.64 Å². The van der Waals surface area contributed by atoms with Gasteiger partial charge in [-0.3, -0.25) is 9.69 Å². The number of sulfone groups is 1. The maximum absolute atomic E-state index is 12.3. The van der Waals surface area contributed by atoms with Crippen molar-refractivity contribution in [2.24, 2.45) is 0 Å². The number of rotatable bonds is 4. The van der Waals surface area contributed by atoms with Crippen molar-refractivity contribution in [2.45, 2.75) is 12.5 Å². The van der Waals surface area contributed by atoms with Gasteiger partial charge in [0.1, 0.15) is 5.75 Å². The van der Waals surface area contributed by atoms with Crippen LogP contribution in [0.4, 0.5) is 0 Å². The normalized spacial score (nSPS) is 24.0. The number of piperazine rings is 1. The van der Waals surface area contributed by atoms with E-state index in [0.717, 1.165) is 0 Å². The maximum atomic E-state index is 12.3. The first kappa shape index (κ1) is 17.5. The molecule has 0 saturated carbocycles. The average molecular weight is 373 g/mol. The van der Waals surface area contributed by atoms with Crippen molar-refractivity contribution in [3.8, 4) is 5.75 Å². The molecular weight excluding hydrogens is 352 g/mol. The summed E-state index contributed by atoms with van der Waals surface area (Å²) in [4.78, 5) is 16.2. The Balaban J connectivity index is 1.46. The van der Waals surface area contributed by atoms with Gasteiger partial charge in [0, 0.05) is 32.2 Å². The molecule has 1 aromatic rings. The van der Waals surface area contributed by atoms with Crippen molar-refractivity contribution < 1.29 is 17.9 Å². The van der Waals surface area contributed by atoms with E-state index >= 15 is 0 Å². The van der Waals surface area contributed by atoms with Crippen LogP contribution in [-0.4, -0.2) is 74.5 Å². The minimum Gasteiger partial charge on any atom is -0.482 e. The van der Waals surface area contributed by atoms with E-state index in [2.05, 4.69) is 4.90 Å². The number of ether oxygens (including phenoxy) is 1. The maximum Gasteiger partial charge on any atom is 0.260 e. The third-order valence-corrected chi connectivity index (χ3v) is 6.64. The van der Waals surface area contributed by atoms with Gasteiger partial charge in [-0.25, -0.2) is 8.42 Å². The van der Waals surface area contributed by atoms with Crippen molar-refractivity contribution in [1.29, 1.82) is 0 Å². The molecule has 2 fully saturated rings. The van der Waals surface area contributed by atoms with E-state index in [9.17, 15) is 13.2 Å². The van der Waals surface area contributed by atoms with Crippen LogP contribution in [0.15, 0.2) is 24.3 Å². The lowest BCUT2D eigenvalue weighted by atomic mass is 10.2. The molecule has 1 amide bonds. The fourth-order valence-electron chi connectivity index (χ4n) is 3.19. The fraction of sp³-hybridized carbons (Fsp3) is 0.562. The SMILES string of the molecule is O=C(COc1ccccc1Cl)N1CCN(C2CCS(=O)(=O)C2)CC1. The van der Waals surface area contributed by atoms with Gasteiger partial charge in [-0.1, -0.05) is 23.7 Å². The first-order valence-electron chi connectivity index (χ1n) is 8.04. The van der Waals surface area contributed by atoms with Gasteiger partial charge in [0.25, 0.3) is 5.91 Å². The van der Waals surface area contributed by atoms with Gasteiger partial charge in [0.2, 0.25) is 0 Å². The summed E-state index contributed by atoms with van der Waals surface area (Å²) in [5, 5.41) is 0.484. The number of hydrogen-bond acceptors (Lipinski definition) is 5. The molecule has 0 bridgehead atoms. The number of carbonyl (C=O) groups is 1. The lowest BCUT2D eigenvalue weighted by molar-refractivity contribution is -0.135. The summed E-state index contributed by atoms with van der Waals surface area (Å²) in [6.07, 6.45) is 0.700. The molecule has 0 N–H and O–H groups in total. The quantitative estimate of drug-likeness (QED) is 0.790. The van der Waals surface area contributed by atoms with Crippen molar-refractivity contribution in [2.75, 3.05) is 44.3 Å². The highest BCUT2D eigenvalue weighted by Crippen LogP contribution is 2.23. The second kappa shape index (κ2) is 7.29. The summed E-state index contributed by atoms with van der Waals surface area (Å²) in [5.41, 5.74) is 0. The largest absolute Gasteiger partial charge is 0.482 e. The van der Waals surface area contributed by atoms with Crippen LogP contribution >= 0.6 is 11.6 Å². The Kier molecular flexibility index (Phi) is 5.32. The molecule has 3 rings (SSSR count). The van der Waals surface area contributed by atoms with Crippen LogP contribution in [0.1, 0.15) is 6.42 Å². The van der Waals surface area contributed by atoms with Crippen molar-refractivity contribution >= 4 is 27.3 Å². The molecule has 0 spiro atoms. The monoisotopic (exact) mass is 372 g/mol. The molecule has 2 heterocycles. The molecule has 24 heavy (non-hydrogen) atoms. The van der Waals surface area contributed by atoms with Gasteiger partial charge in [-0.2, -0.15) is 0 Å². The molecular formula is C16H21ClN2O4S. The van der Waals surface area contributed by atoms with E-state index in [0.29, 0.717) is 43.4 Å². The first-order chi connectivity index (χ1) is 11.4. The van der Waals surface area contributed by atoms with Gasteiger partial charge in [-0.05, 0) is 18.6 Å². The number of halogens is 1. The Morgan fingerprint density at radius 2 is 1.92 bits per heavy atom. The highest BCUT2D eigenvalue weighted by molar-refractivity contribution is 7.91. The molecule has 0 aliphatic carbocycles. The van der Waals surface area contributed by atoms with Gasteiger partial charge in [0.05, 0.1) is 16.5 Å². The molecule has 2 aliphatic heterocycles. The predicted octanol–water partition coefficient (Wildman–Crippen LogP) is 1.05. The Bertz CT molecular complexity index is 702. The first-order valence-corrected chi connectivity index (χ1v) is 10.2. The molecule has 6 nitrogen and oxygen atoms in total. The average Bonchev–Trinajstić information content (AvgIpc) is 2.94. The van der Waals surface area contributed by atoms with E-state index < -0.39 is 9.84 Å². The van der Waals surface area contributed by atoms with Crippen molar-refractivity contribution in [1.82, 2.24) is 9.80 Å². The van der Waals surface area contributed by atoms with Crippen molar-refractivity contribution in [3.05, 3.63) is 29.3 Å². The lowest BCUT2D eigenvalue weighted by Gasteiger charge is -2.37. The third-order valence-electron chi connectivity index (χ3n) is 4.58. The number of para-hydroxylation sites is 1. The number of hydrogen-bond donors (Lipinski definition) is 0. The van der Waals surface area contributed by atoms with Crippen LogP contribution in [0.25, 0.3) is 0 Å². The summed E-state index contributed by atoms with van der Waals surface area (Å²) in [5.74, 6) is 0.954. The number of nitrogens with zero attached hydrogens (tertiary/aromatic N) is 2. The minimum absolute atomic E-state index is 0.0401. The van der Waals surface area contributed by atoms with E-state index in [1.54, 1.807) is 29.2 Å². The number of amides is 1. The molecule has 1 aromatic carbocycles. The molecule has 1 unspecified atom stereocenters. The van der Waals surface area contributed by atoms with Crippen LogP contribution in [0, 0.1) is 0 Å². The van der Waals surface area contributed by atoms with Crippen LogP contribution < -0.4 is 4.74 Å². The molecule has 0 aromatic heterocycles. The fourth-order valence-corrected chi connectivity index (χ4v) is 5.14. The molecule has 132 valence electrons. The molecule has 2 saturated heterocycles. The summed E-state index contributed by atoms with van der Waals surface area (Å²) in [6, 6.07) is 7.16. The zero-order valence-electron chi connectivity index (χ0n) is 13.4. The summed E-state index contributed by atoms with van der Waals surface area (Å²) in [6.45, 7) is 2.57. The summed E-state index contributed by atoms with van der Waals surface area (Å²) in [7, 11) is -2.87. The van der Waals surface area contributed by atoms with Crippen LogP contribution in [-0.2, 0) is 14.6 Å². The second-order valence-corrected chi connectivity index (χ2v) is 8.83. The van der Waals surface area contributed by atoms with Crippen LogP contribution in [0.5, 0.6) is 5.75 Å². The Morgan fingerprint density at radius 3 is 2.54 bits per heavy atom. The third kappa shape index (κ3) is 4.20. The highest BCUT2D eigenvalue weighted by Gasteiger charge is 2.34. The summed E-state index contributed by atoms with van der Waals surface area (Å²) >= 11 is 6.00. The lowest BCUT2D eigenvalue weighted by Crippen LogP contribution is -2.53. The molecule has 8 heteroatoms. The topological polar surface area (TPSA) is 66.9 Å². The van der Waals surface area contributed by atoms with E-state index in [1.807, 2.05) is 0 Å². The predicted molar refractivity (Wildman–Crippen MR) is 92.2 cm³/mol. The van der Waals surface area contributed by atoms with Gasteiger partial charge in [-0.15, -0.1) is 0 Å². The zero-order valence-corrected chi connectivity index (χ0v) is 14.9. The number of benzene rings is 1. The van der Waals surface area contributed by atoms with Crippen LogP contribution in [0.2, 0.25) is 5.02 Å². The van der Waals surface area contributed by atoms with Gasteiger partial charge >= 0.3 is 0 Å². The standard InChI is InChI=1S/C16H21ClN2O4S/c17-14-3-1-2-4-15(14)23-11-16(20)19-8-6-18(7-9-19)13-5-10-24(21,22)12-13/h1-4,13H,5-12H2. The molecule has 2 aliphatic rings. The minimum atomic E-state index is -2.87. The van der Waals surface area contributed by atoms with Crippen LogP contribution in [0.3, 0.4) is 0 Å². The smallest absolute Gasteiger partial charge is 0.260 e. The van der Waals surface area contributed by atoms with E-state index in [1.165, 1.54) is 0 Å². The Morgan fingerprint density at radius 1 is 1.21 bits per heavy atom. The summed E-state index contributed by atoms with van der Waals surface area (Å²) < 4.78 is 28.7. The Hall–Kier alpha value is -1.31. The van der Waals surface area contributed by atoms with E-state index in [-0.39, 0.29) is 30.1 Å². The van der Waals surface area contributed by atoms with E-state index in [4.69, 9.17) is 16.3 Å².